The Kier molecular flexibility index (Phi) is 4.60. The summed E-state index contributed by atoms with van der Waals surface area (Å²) in [4.78, 5) is 19.3. The minimum Gasteiger partial charge on any atom is -0.477 e. The maximum atomic E-state index is 10.9. The molecule has 0 saturated heterocycles. The lowest BCUT2D eigenvalue weighted by Crippen LogP contribution is -2.23. The van der Waals surface area contributed by atoms with Gasteiger partial charge in [0, 0.05) is 6.07 Å². The zero-order chi connectivity index (χ0) is 16.2. The van der Waals surface area contributed by atoms with E-state index in [-0.39, 0.29) is 11.3 Å². The van der Waals surface area contributed by atoms with Crippen molar-refractivity contribution < 1.29 is 14.6 Å². The summed E-state index contributed by atoms with van der Waals surface area (Å²) in [6.07, 6.45) is 0. The van der Waals surface area contributed by atoms with E-state index < -0.39 is 5.97 Å². The van der Waals surface area contributed by atoms with Gasteiger partial charge in [0.05, 0.1) is 12.2 Å². The number of aromatic nitrogens is 2. The molecule has 0 aromatic carbocycles. The Labute approximate surface area is 129 Å². The van der Waals surface area contributed by atoms with Gasteiger partial charge >= 0.3 is 5.97 Å². The van der Waals surface area contributed by atoms with Gasteiger partial charge in [0.1, 0.15) is 11.4 Å². The molecule has 2 aromatic heterocycles. The molecule has 2 rings (SSSR count). The number of carboxylic acids is 1. The summed E-state index contributed by atoms with van der Waals surface area (Å²) in [5.41, 5.74) is 0.475. The Hall–Kier alpha value is -2.63. The van der Waals surface area contributed by atoms with Gasteiger partial charge in [-0.1, -0.05) is 12.1 Å². The Morgan fingerprint density at radius 3 is 2.59 bits per heavy atom. The van der Waals surface area contributed by atoms with Crippen LogP contribution in [-0.2, 0) is 6.54 Å². The molecule has 6 heteroatoms. The number of nitrogens with zero attached hydrogens (tertiary/aromatic N) is 2. The molecule has 6 nitrogen and oxygen atoms in total. The monoisotopic (exact) mass is 301 g/mol. The van der Waals surface area contributed by atoms with Crippen LogP contribution in [0.3, 0.4) is 0 Å². The van der Waals surface area contributed by atoms with E-state index in [1.165, 1.54) is 6.07 Å². The molecule has 2 N–H and O–H groups in total. The number of hydrogen-bond acceptors (Lipinski definition) is 5. The van der Waals surface area contributed by atoms with Crippen molar-refractivity contribution in [2.45, 2.75) is 32.9 Å². The van der Waals surface area contributed by atoms with Gasteiger partial charge in [0.25, 0.3) is 0 Å². The van der Waals surface area contributed by atoms with E-state index in [9.17, 15) is 4.79 Å². The number of carboxylic acid groups (broad SMARTS) is 1. The van der Waals surface area contributed by atoms with Gasteiger partial charge in [-0.15, -0.1) is 0 Å². The summed E-state index contributed by atoms with van der Waals surface area (Å²) in [5, 5.41) is 12.0. The second-order valence-corrected chi connectivity index (χ2v) is 5.75. The molecule has 116 valence electrons. The first-order valence-electron chi connectivity index (χ1n) is 6.93. The standard InChI is InChI=1S/C16H19N3O3/c1-16(2,3)22-14-9-4-6-11(18-14)10-17-13-8-5-7-12(19-13)15(20)21/h4-9H,10H2,1-3H3,(H,17,19)(H,20,21). The minimum absolute atomic E-state index is 0.00257. The summed E-state index contributed by atoms with van der Waals surface area (Å²) in [6, 6.07) is 10.3. The molecule has 0 aliphatic rings. The third kappa shape index (κ3) is 4.73. The number of pyridine rings is 2. The topological polar surface area (TPSA) is 84.3 Å². The molecule has 0 fully saturated rings. The molecule has 22 heavy (non-hydrogen) atoms. The van der Waals surface area contributed by atoms with Gasteiger partial charge in [-0.3, -0.25) is 0 Å². The summed E-state index contributed by atoms with van der Waals surface area (Å²) in [5.74, 6) is -0.00904. The maximum Gasteiger partial charge on any atom is 0.354 e. The predicted molar refractivity (Wildman–Crippen MR) is 83.1 cm³/mol. The largest absolute Gasteiger partial charge is 0.477 e. The van der Waals surface area contributed by atoms with Crippen LogP contribution in [0.15, 0.2) is 36.4 Å². The van der Waals surface area contributed by atoms with E-state index in [0.717, 1.165) is 5.69 Å². The normalized spacial score (nSPS) is 11.0. The fourth-order valence-electron chi connectivity index (χ4n) is 1.76. The average Bonchev–Trinajstić information content (AvgIpc) is 2.44. The van der Waals surface area contributed by atoms with E-state index in [0.29, 0.717) is 18.2 Å². The van der Waals surface area contributed by atoms with E-state index in [4.69, 9.17) is 9.84 Å². The quantitative estimate of drug-likeness (QED) is 0.883. The third-order valence-electron chi connectivity index (χ3n) is 2.61. The second kappa shape index (κ2) is 6.43. The summed E-state index contributed by atoms with van der Waals surface area (Å²) in [7, 11) is 0. The molecule has 0 unspecified atom stereocenters. The van der Waals surface area contributed by atoms with Gasteiger partial charge in [-0.25, -0.2) is 14.8 Å². The molecule has 0 aliphatic heterocycles. The van der Waals surface area contributed by atoms with Crippen molar-refractivity contribution in [3.63, 3.8) is 0 Å². The summed E-state index contributed by atoms with van der Waals surface area (Å²) in [6.45, 7) is 6.31. The lowest BCUT2D eigenvalue weighted by Gasteiger charge is -2.20. The van der Waals surface area contributed by atoms with Gasteiger partial charge in [-0.2, -0.15) is 0 Å². The number of nitrogens with one attached hydrogen (secondary N) is 1. The SMILES string of the molecule is CC(C)(C)Oc1cccc(CNc2cccc(C(=O)O)n2)n1. The van der Waals surface area contributed by atoms with Crippen LogP contribution < -0.4 is 10.1 Å². The lowest BCUT2D eigenvalue weighted by atomic mass is 10.2. The highest BCUT2D eigenvalue weighted by Crippen LogP contribution is 2.16. The van der Waals surface area contributed by atoms with Gasteiger partial charge < -0.3 is 15.2 Å². The number of anilines is 1. The number of carbonyl (C=O) groups is 1. The van der Waals surface area contributed by atoms with Crippen LogP contribution >= 0.6 is 0 Å². The Bertz CT molecular complexity index is 666. The van der Waals surface area contributed by atoms with E-state index in [1.54, 1.807) is 18.2 Å². The van der Waals surface area contributed by atoms with Crippen molar-refractivity contribution in [3.05, 3.63) is 47.8 Å². The highest BCUT2D eigenvalue weighted by atomic mass is 16.5. The van der Waals surface area contributed by atoms with Crippen molar-refractivity contribution in [1.29, 1.82) is 0 Å². The fraction of sp³-hybridized carbons (Fsp3) is 0.312. The van der Waals surface area contributed by atoms with Crippen molar-refractivity contribution in [2.75, 3.05) is 5.32 Å². The van der Waals surface area contributed by atoms with Crippen molar-refractivity contribution >= 4 is 11.8 Å². The van der Waals surface area contributed by atoms with Gasteiger partial charge in [-0.05, 0) is 39.0 Å². The first kappa shape index (κ1) is 15.8. The average molecular weight is 301 g/mol. The predicted octanol–water partition coefficient (Wildman–Crippen LogP) is 2.96. The van der Waals surface area contributed by atoms with Crippen LogP contribution in [-0.4, -0.2) is 26.6 Å². The van der Waals surface area contributed by atoms with E-state index in [1.807, 2.05) is 32.9 Å². The van der Waals surface area contributed by atoms with Crippen LogP contribution in [0, 0.1) is 0 Å². The minimum atomic E-state index is -1.05. The Morgan fingerprint density at radius 2 is 1.91 bits per heavy atom. The Balaban J connectivity index is 2.04. The Morgan fingerprint density at radius 1 is 1.18 bits per heavy atom. The highest BCUT2D eigenvalue weighted by Gasteiger charge is 2.12. The maximum absolute atomic E-state index is 10.9. The first-order valence-corrected chi connectivity index (χ1v) is 6.93. The zero-order valence-electron chi connectivity index (χ0n) is 12.8. The number of rotatable bonds is 5. The van der Waals surface area contributed by atoms with Crippen LogP contribution in [0.25, 0.3) is 0 Å². The molecule has 2 aromatic rings. The van der Waals surface area contributed by atoms with E-state index >= 15 is 0 Å². The molecule has 0 atom stereocenters. The summed E-state index contributed by atoms with van der Waals surface area (Å²) >= 11 is 0. The van der Waals surface area contributed by atoms with Gasteiger partial charge in [0.2, 0.25) is 5.88 Å². The lowest BCUT2D eigenvalue weighted by molar-refractivity contribution is 0.0690. The second-order valence-electron chi connectivity index (χ2n) is 5.75. The van der Waals surface area contributed by atoms with Crippen LogP contribution in [0.2, 0.25) is 0 Å². The number of aromatic carboxylic acids is 1. The molecule has 0 saturated carbocycles. The molecular weight excluding hydrogens is 282 g/mol. The number of ether oxygens (including phenoxy) is 1. The van der Waals surface area contributed by atoms with E-state index in [2.05, 4.69) is 15.3 Å². The van der Waals surface area contributed by atoms with Crippen molar-refractivity contribution in [3.8, 4) is 5.88 Å². The molecule has 0 radical (unpaired) electrons. The molecule has 2 heterocycles. The van der Waals surface area contributed by atoms with Gasteiger partial charge in [0.15, 0.2) is 5.69 Å². The zero-order valence-corrected chi connectivity index (χ0v) is 12.8. The highest BCUT2D eigenvalue weighted by molar-refractivity contribution is 5.85. The van der Waals surface area contributed by atoms with Crippen molar-refractivity contribution in [2.24, 2.45) is 0 Å². The van der Waals surface area contributed by atoms with Crippen LogP contribution in [0.5, 0.6) is 5.88 Å². The third-order valence-corrected chi connectivity index (χ3v) is 2.61. The van der Waals surface area contributed by atoms with Crippen LogP contribution in [0.1, 0.15) is 37.0 Å². The number of hydrogen-bond donors (Lipinski definition) is 2. The molecular formula is C16H19N3O3. The summed E-state index contributed by atoms with van der Waals surface area (Å²) < 4.78 is 5.71. The molecule has 0 bridgehead atoms. The van der Waals surface area contributed by atoms with Crippen molar-refractivity contribution in [1.82, 2.24) is 9.97 Å². The fourth-order valence-corrected chi connectivity index (χ4v) is 1.76. The van der Waals surface area contributed by atoms with Crippen LogP contribution in [0.4, 0.5) is 5.82 Å². The smallest absolute Gasteiger partial charge is 0.354 e. The molecule has 0 amide bonds. The first-order chi connectivity index (χ1) is 10.3. The molecule has 0 aliphatic carbocycles. The molecule has 0 spiro atoms.